The number of nitrogens with two attached hydrogens (primary N) is 1. The zero-order valence-corrected chi connectivity index (χ0v) is 12.5. The van der Waals surface area contributed by atoms with Gasteiger partial charge in [0.2, 0.25) is 0 Å². The minimum absolute atomic E-state index is 0.187. The zero-order chi connectivity index (χ0) is 13.8. The number of nitrogens with one attached hydrogen (secondary N) is 1. The van der Waals surface area contributed by atoms with Crippen LogP contribution in [0.1, 0.15) is 24.1 Å². The topological polar surface area (TPSA) is 47.3 Å². The van der Waals surface area contributed by atoms with Crippen LogP contribution in [-0.4, -0.2) is 12.1 Å². The highest BCUT2D eigenvalue weighted by Crippen LogP contribution is 2.27. The molecule has 2 aromatic rings. The van der Waals surface area contributed by atoms with Crippen LogP contribution in [0.4, 0.5) is 5.69 Å². The van der Waals surface area contributed by atoms with Crippen LogP contribution in [0.2, 0.25) is 0 Å². The second kappa shape index (κ2) is 6.04. The zero-order valence-electron chi connectivity index (χ0n) is 10.8. The SMILES string of the molecule is COc1ccc(C(N)=S)c(NC(C)c2ccsc2)c1. The lowest BCUT2D eigenvalue weighted by Crippen LogP contribution is -2.15. The average molecular weight is 292 g/mol. The first-order chi connectivity index (χ1) is 9.11. The van der Waals surface area contributed by atoms with E-state index >= 15 is 0 Å². The molecule has 0 saturated carbocycles. The summed E-state index contributed by atoms with van der Waals surface area (Å²) in [6.45, 7) is 2.10. The Morgan fingerprint density at radius 2 is 2.21 bits per heavy atom. The van der Waals surface area contributed by atoms with Crippen LogP contribution in [0, 0.1) is 0 Å². The van der Waals surface area contributed by atoms with Gasteiger partial charge in [0, 0.05) is 23.4 Å². The van der Waals surface area contributed by atoms with E-state index in [0.29, 0.717) is 4.99 Å². The smallest absolute Gasteiger partial charge is 0.120 e. The number of methoxy groups -OCH3 is 1. The fourth-order valence-electron chi connectivity index (χ4n) is 1.82. The van der Waals surface area contributed by atoms with E-state index < -0.39 is 0 Å². The highest BCUT2D eigenvalue weighted by Gasteiger charge is 2.11. The van der Waals surface area contributed by atoms with Crippen molar-refractivity contribution in [1.82, 2.24) is 0 Å². The van der Waals surface area contributed by atoms with E-state index in [2.05, 4.69) is 29.1 Å². The van der Waals surface area contributed by atoms with Gasteiger partial charge in [0.15, 0.2) is 0 Å². The molecule has 3 N–H and O–H groups in total. The molecular weight excluding hydrogens is 276 g/mol. The first-order valence-corrected chi connectivity index (χ1v) is 7.23. The van der Waals surface area contributed by atoms with E-state index in [1.54, 1.807) is 18.4 Å². The molecule has 0 aliphatic rings. The summed E-state index contributed by atoms with van der Waals surface area (Å²) in [5.74, 6) is 0.778. The number of thiocarbonyl (C=S) groups is 1. The molecule has 0 saturated heterocycles. The maximum absolute atomic E-state index is 5.75. The number of hydrogen-bond acceptors (Lipinski definition) is 4. The number of ether oxygens (including phenoxy) is 1. The van der Waals surface area contributed by atoms with Crippen molar-refractivity contribution >= 4 is 34.2 Å². The predicted octanol–water partition coefficient (Wildman–Crippen LogP) is 3.56. The minimum Gasteiger partial charge on any atom is -0.497 e. The van der Waals surface area contributed by atoms with Crippen LogP contribution < -0.4 is 15.8 Å². The first-order valence-electron chi connectivity index (χ1n) is 5.88. The second-order valence-electron chi connectivity index (χ2n) is 4.20. The average Bonchev–Trinajstić information content (AvgIpc) is 2.92. The molecule has 1 aromatic carbocycles. The fourth-order valence-corrected chi connectivity index (χ4v) is 2.75. The Kier molecular flexibility index (Phi) is 4.39. The fraction of sp³-hybridized carbons (Fsp3) is 0.214. The van der Waals surface area contributed by atoms with E-state index in [1.807, 2.05) is 18.2 Å². The van der Waals surface area contributed by atoms with Gasteiger partial charge in [-0.05, 0) is 41.4 Å². The molecule has 1 aromatic heterocycles. The first kappa shape index (κ1) is 13.8. The molecule has 0 aliphatic heterocycles. The Bertz CT molecular complexity index is 567. The molecule has 100 valence electrons. The Balaban J connectivity index is 2.29. The van der Waals surface area contributed by atoms with E-state index in [0.717, 1.165) is 17.0 Å². The lowest BCUT2D eigenvalue weighted by molar-refractivity contribution is 0.415. The van der Waals surface area contributed by atoms with E-state index in [1.165, 1.54) is 5.56 Å². The quantitative estimate of drug-likeness (QED) is 0.827. The van der Waals surface area contributed by atoms with Crippen LogP contribution in [-0.2, 0) is 0 Å². The summed E-state index contributed by atoms with van der Waals surface area (Å²) in [6, 6.07) is 7.94. The van der Waals surface area contributed by atoms with Gasteiger partial charge in [0.1, 0.15) is 10.7 Å². The summed E-state index contributed by atoms with van der Waals surface area (Å²) in [4.78, 5) is 0.377. The standard InChI is InChI=1S/C14H16N2OS2/c1-9(10-5-6-19-8-10)16-13-7-11(17-2)3-4-12(13)14(15)18/h3-9,16H,1-2H3,(H2,15,18). The van der Waals surface area contributed by atoms with Gasteiger partial charge in [-0.2, -0.15) is 11.3 Å². The predicted molar refractivity (Wildman–Crippen MR) is 85.2 cm³/mol. The summed E-state index contributed by atoms with van der Waals surface area (Å²) < 4.78 is 5.24. The molecule has 0 spiro atoms. The monoisotopic (exact) mass is 292 g/mol. The lowest BCUT2D eigenvalue weighted by Gasteiger charge is -2.18. The molecule has 0 radical (unpaired) electrons. The summed E-state index contributed by atoms with van der Waals surface area (Å²) in [7, 11) is 1.64. The van der Waals surface area contributed by atoms with Crippen molar-refractivity contribution in [2.75, 3.05) is 12.4 Å². The largest absolute Gasteiger partial charge is 0.497 e. The molecule has 2 rings (SSSR count). The normalized spacial score (nSPS) is 11.9. The third-order valence-electron chi connectivity index (χ3n) is 2.91. The number of benzene rings is 1. The number of thiophene rings is 1. The van der Waals surface area contributed by atoms with Gasteiger partial charge in [0.05, 0.1) is 7.11 Å². The second-order valence-corrected chi connectivity index (χ2v) is 5.42. The summed E-state index contributed by atoms with van der Waals surface area (Å²) in [5.41, 5.74) is 8.72. The molecular formula is C14H16N2OS2. The highest BCUT2D eigenvalue weighted by atomic mass is 32.1. The summed E-state index contributed by atoms with van der Waals surface area (Å²) in [6.07, 6.45) is 0. The van der Waals surface area contributed by atoms with Crippen molar-refractivity contribution in [2.45, 2.75) is 13.0 Å². The third kappa shape index (κ3) is 3.24. The maximum Gasteiger partial charge on any atom is 0.120 e. The molecule has 1 heterocycles. The van der Waals surface area contributed by atoms with E-state index in [4.69, 9.17) is 22.7 Å². The van der Waals surface area contributed by atoms with Crippen LogP contribution in [0.15, 0.2) is 35.0 Å². The molecule has 19 heavy (non-hydrogen) atoms. The van der Waals surface area contributed by atoms with Crippen LogP contribution in [0.25, 0.3) is 0 Å². The van der Waals surface area contributed by atoms with E-state index in [-0.39, 0.29) is 6.04 Å². The molecule has 0 bridgehead atoms. The van der Waals surface area contributed by atoms with E-state index in [9.17, 15) is 0 Å². The molecule has 5 heteroatoms. The molecule has 3 nitrogen and oxygen atoms in total. The number of hydrogen-bond donors (Lipinski definition) is 2. The van der Waals surface area contributed by atoms with Gasteiger partial charge < -0.3 is 15.8 Å². The molecule has 0 amide bonds. The van der Waals surface area contributed by atoms with Crippen LogP contribution >= 0.6 is 23.6 Å². The molecule has 0 fully saturated rings. The van der Waals surface area contributed by atoms with Crippen LogP contribution in [0.3, 0.4) is 0 Å². The molecule has 1 unspecified atom stereocenters. The van der Waals surface area contributed by atoms with Crippen molar-refractivity contribution in [1.29, 1.82) is 0 Å². The van der Waals surface area contributed by atoms with Gasteiger partial charge in [-0.1, -0.05) is 12.2 Å². The van der Waals surface area contributed by atoms with Gasteiger partial charge in [-0.25, -0.2) is 0 Å². The Morgan fingerprint density at radius 1 is 1.42 bits per heavy atom. The number of anilines is 1. The number of rotatable bonds is 5. The van der Waals surface area contributed by atoms with Crippen molar-refractivity contribution in [3.8, 4) is 5.75 Å². The molecule has 1 atom stereocenters. The van der Waals surface area contributed by atoms with Crippen molar-refractivity contribution in [2.24, 2.45) is 5.73 Å². The van der Waals surface area contributed by atoms with Gasteiger partial charge >= 0.3 is 0 Å². The summed E-state index contributed by atoms with van der Waals surface area (Å²) >= 11 is 6.76. The lowest BCUT2D eigenvalue weighted by atomic mass is 10.1. The van der Waals surface area contributed by atoms with Crippen LogP contribution in [0.5, 0.6) is 5.75 Å². The highest BCUT2D eigenvalue weighted by molar-refractivity contribution is 7.80. The maximum atomic E-state index is 5.75. The van der Waals surface area contributed by atoms with Gasteiger partial charge in [-0.3, -0.25) is 0 Å². The minimum atomic E-state index is 0.187. The van der Waals surface area contributed by atoms with Crippen molar-refractivity contribution < 1.29 is 4.74 Å². The molecule has 0 aliphatic carbocycles. The van der Waals surface area contributed by atoms with Crippen molar-refractivity contribution in [3.63, 3.8) is 0 Å². The Labute approximate surface area is 122 Å². The van der Waals surface area contributed by atoms with Gasteiger partial charge in [0.25, 0.3) is 0 Å². The Hall–Kier alpha value is -1.59. The summed E-state index contributed by atoms with van der Waals surface area (Å²) in [5, 5.41) is 7.61. The Morgan fingerprint density at radius 3 is 2.79 bits per heavy atom. The van der Waals surface area contributed by atoms with Gasteiger partial charge in [-0.15, -0.1) is 0 Å². The van der Waals surface area contributed by atoms with Crippen molar-refractivity contribution in [3.05, 3.63) is 46.2 Å². The third-order valence-corrected chi connectivity index (χ3v) is 3.83.